The van der Waals surface area contributed by atoms with E-state index in [1.165, 1.54) is 24.5 Å². The van der Waals surface area contributed by atoms with Crippen molar-refractivity contribution in [3.8, 4) is 0 Å². The zero-order valence-electron chi connectivity index (χ0n) is 12.0. The fraction of sp³-hybridized carbons (Fsp3) is 0.200. The summed E-state index contributed by atoms with van der Waals surface area (Å²) in [7, 11) is 0. The maximum absolute atomic E-state index is 12.8. The molecular weight excluding hydrogens is 350 g/mol. The van der Waals surface area contributed by atoms with Crippen LogP contribution in [0.5, 0.6) is 0 Å². The number of nitrogens with zero attached hydrogens (tertiary/aromatic N) is 3. The minimum Gasteiger partial charge on any atom is -0.320 e. The summed E-state index contributed by atoms with van der Waals surface area (Å²) in [6.45, 7) is 5.90. The van der Waals surface area contributed by atoms with E-state index in [9.17, 15) is 13.2 Å². The Morgan fingerprint density at radius 2 is 1.87 bits per heavy atom. The summed E-state index contributed by atoms with van der Waals surface area (Å²) in [4.78, 5) is 9.67. The van der Waals surface area contributed by atoms with Crippen molar-refractivity contribution in [2.24, 2.45) is 0 Å². The number of benzene rings is 1. The number of alkyl halides is 3. The van der Waals surface area contributed by atoms with Crippen LogP contribution in [0, 0.1) is 0 Å². The SMILES string of the molecule is C=C(C)CN(c1ccc(C(F)(F)F)c(Cl)c1)c1nccnc1Cl. The summed E-state index contributed by atoms with van der Waals surface area (Å²) in [5.41, 5.74) is 0.277. The number of halogens is 5. The molecule has 0 saturated carbocycles. The van der Waals surface area contributed by atoms with E-state index in [1.54, 1.807) is 11.8 Å². The summed E-state index contributed by atoms with van der Waals surface area (Å²) in [5, 5.41) is -0.272. The standard InChI is InChI=1S/C15H12Cl2F3N3/c1-9(2)8-23(14-13(17)21-5-6-22-14)10-3-4-11(12(16)7-10)15(18,19)20/h3-7H,1,8H2,2H3. The van der Waals surface area contributed by atoms with Gasteiger partial charge in [-0.25, -0.2) is 9.97 Å². The van der Waals surface area contributed by atoms with Crippen LogP contribution < -0.4 is 4.90 Å². The van der Waals surface area contributed by atoms with Gasteiger partial charge in [-0.3, -0.25) is 0 Å². The molecule has 8 heteroatoms. The maximum atomic E-state index is 12.8. The van der Waals surface area contributed by atoms with Gasteiger partial charge in [-0.15, -0.1) is 0 Å². The molecular formula is C15H12Cl2F3N3. The molecule has 2 aromatic rings. The van der Waals surface area contributed by atoms with E-state index in [2.05, 4.69) is 16.5 Å². The number of anilines is 2. The molecule has 0 atom stereocenters. The Bertz CT molecular complexity index is 732. The lowest BCUT2D eigenvalue weighted by atomic mass is 10.1. The van der Waals surface area contributed by atoms with Gasteiger partial charge in [0.25, 0.3) is 0 Å². The number of hydrogen-bond acceptors (Lipinski definition) is 3. The highest BCUT2D eigenvalue weighted by Crippen LogP contribution is 2.38. The first-order valence-electron chi connectivity index (χ1n) is 6.45. The Hall–Kier alpha value is -1.79. The molecule has 0 N–H and O–H groups in total. The minimum absolute atomic E-state index is 0.129. The molecule has 0 radical (unpaired) electrons. The summed E-state index contributed by atoms with van der Waals surface area (Å²) < 4.78 is 38.5. The summed E-state index contributed by atoms with van der Waals surface area (Å²) in [5.74, 6) is 0.313. The second kappa shape index (κ2) is 6.76. The third-order valence-electron chi connectivity index (χ3n) is 2.89. The highest BCUT2D eigenvalue weighted by atomic mass is 35.5. The molecule has 0 fully saturated rings. The van der Waals surface area contributed by atoms with Crippen molar-refractivity contribution in [2.45, 2.75) is 13.1 Å². The molecule has 2 rings (SSSR count). The molecule has 122 valence electrons. The second-order valence-electron chi connectivity index (χ2n) is 4.88. The second-order valence-corrected chi connectivity index (χ2v) is 5.64. The van der Waals surface area contributed by atoms with E-state index in [4.69, 9.17) is 23.2 Å². The molecule has 0 bridgehead atoms. The van der Waals surface area contributed by atoms with Gasteiger partial charge in [0, 0.05) is 24.6 Å². The Morgan fingerprint density at radius 1 is 1.22 bits per heavy atom. The van der Waals surface area contributed by atoms with Crippen molar-refractivity contribution in [1.82, 2.24) is 9.97 Å². The Kier molecular flexibility index (Phi) is 5.16. The average molecular weight is 362 g/mol. The first kappa shape index (κ1) is 17.6. The predicted octanol–water partition coefficient (Wildman–Crippen LogP) is 5.52. The molecule has 1 aromatic heterocycles. The van der Waals surface area contributed by atoms with Crippen LogP contribution in [-0.2, 0) is 6.18 Å². The van der Waals surface area contributed by atoms with Gasteiger partial charge in [0.05, 0.1) is 10.6 Å². The van der Waals surface area contributed by atoms with Crippen LogP contribution >= 0.6 is 23.2 Å². The highest BCUT2D eigenvalue weighted by Gasteiger charge is 2.33. The zero-order chi connectivity index (χ0) is 17.2. The predicted molar refractivity (Wildman–Crippen MR) is 85.3 cm³/mol. The van der Waals surface area contributed by atoms with Gasteiger partial charge in [0.2, 0.25) is 0 Å². The van der Waals surface area contributed by atoms with Crippen LogP contribution in [0.1, 0.15) is 12.5 Å². The van der Waals surface area contributed by atoms with Crippen LogP contribution in [0.3, 0.4) is 0 Å². The number of hydrogen-bond donors (Lipinski definition) is 0. The Morgan fingerprint density at radius 3 is 2.39 bits per heavy atom. The summed E-state index contributed by atoms with van der Waals surface area (Å²) in [6, 6.07) is 3.45. The summed E-state index contributed by atoms with van der Waals surface area (Å²) in [6.07, 6.45) is -1.65. The van der Waals surface area contributed by atoms with Gasteiger partial charge >= 0.3 is 6.18 Å². The topological polar surface area (TPSA) is 29.0 Å². The van der Waals surface area contributed by atoms with E-state index in [0.717, 1.165) is 11.6 Å². The number of rotatable bonds is 4. The van der Waals surface area contributed by atoms with Crippen molar-refractivity contribution in [3.05, 3.63) is 58.5 Å². The van der Waals surface area contributed by atoms with Crippen LogP contribution in [0.25, 0.3) is 0 Å². The third-order valence-corrected chi connectivity index (χ3v) is 3.47. The van der Waals surface area contributed by atoms with Crippen LogP contribution in [-0.4, -0.2) is 16.5 Å². The fourth-order valence-corrected chi connectivity index (χ4v) is 2.44. The largest absolute Gasteiger partial charge is 0.417 e. The normalized spacial score (nSPS) is 11.4. The van der Waals surface area contributed by atoms with Gasteiger partial charge in [-0.1, -0.05) is 35.4 Å². The molecule has 0 spiro atoms. The summed E-state index contributed by atoms with van der Waals surface area (Å²) >= 11 is 11.8. The fourth-order valence-electron chi connectivity index (χ4n) is 1.95. The number of aromatic nitrogens is 2. The van der Waals surface area contributed by atoms with E-state index < -0.39 is 16.8 Å². The van der Waals surface area contributed by atoms with Crippen molar-refractivity contribution in [1.29, 1.82) is 0 Å². The van der Waals surface area contributed by atoms with Gasteiger partial charge in [-0.2, -0.15) is 13.2 Å². The van der Waals surface area contributed by atoms with Gasteiger partial charge in [-0.05, 0) is 25.1 Å². The van der Waals surface area contributed by atoms with Crippen molar-refractivity contribution >= 4 is 34.7 Å². The molecule has 0 amide bonds. The molecule has 1 heterocycles. The zero-order valence-corrected chi connectivity index (χ0v) is 13.5. The van der Waals surface area contributed by atoms with E-state index >= 15 is 0 Å². The van der Waals surface area contributed by atoms with Crippen molar-refractivity contribution in [3.63, 3.8) is 0 Å². The lowest BCUT2D eigenvalue weighted by Crippen LogP contribution is -2.21. The molecule has 0 saturated heterocycles. The monoisotopic (exact) mass is 361 g/mol. The Balaban J connectivity index is 2.51. The molecule has 0 aliphatic rings. The van der Waals surface area contributed by atoms with Gasteiger partial charge in [0.15, 0.2) is 11.0 Å². The molecule has 0 aliphatic carbocycles. The quantitative estimate of drug-likeness (QED) is 0.671. The molecule has 23 heavy (non-hydrogen) atoms. The molecule has 0 unspecified atom stereocenters. The first-order valence-corrected chi connectivity index (χ1v) is 7.21. The molecule has 1 aromatic carbocycles. The van der Waals surface area contributed by atoms with Crippen molar-refractivity contribution in [2.75, 3.05) is 11.4 Å². The van der Waals surface area contributed by atoms with Gasteiger partial charge < -0.3 is 4.90 Å². The van der Waals surface area contributed by atoms with Crippen molar-refractivity contribution < 1.29 is 13.2 Å². The lowest BCUT2D eigenvalue weighted by Gasteiger charge is -2.25. The maximum Gasteiger partial charge on any atom is 0.417 e. The lowest BCUT2D eigenvalue weighted by molar-refractivity contribution is -0.137. The van der Waals surface area contributed by atoms with E-state index in [0.29, 0.717) is 18.1 Å². The third kappa shape index (κ3) is 4.14. The van der Waals surface area contributed by atoms with Crippen LogP contribution in [0.2, 0.25) is 10.2 Å². The van der Waals surface area contributed by atoms with Crippen LogP contribution in [0.4, 0.5) is 24.7 Å². The molecule has 0 aliphatic heterocycles. The smallest absolute Gasteiger partial charge is 0.320 e. The average Bonchev–Trinajstić information content (AvgIpc) is 2.44. The van der Waals surface area contributed by atoms with Gasteiger partial charge in [0.1, 0.15) is 0 Å². The minimum atomic E-state index is -4.51. The molecule has 3 nitrogen and oxygen atoms in total. The first-order chi connectivity index (χ1) is 10.7. The highest BCUT2D eigenvalue weighted by molar-refractivity contribution is 6.32. The van der Waals surface area contributed by atoms with Crippen LogP contribution in [0.15, 0.2) is 42.7 Å². The Labute approximate surface area is 141 Å². The van der Waals surface area contributed by atoms with E-state index in [-0.39, 0.29) is 5.15 Å². The van der Waals surface area contributed by atoms with E-state index in [1.807, 2.05) is 0 Å².